The van der Waals surface area contributed by atoms with Gasteiger partial charge in [0.15, 0.2) is 0 Å². The molecule has 120 valence electrons. The fourth-order valence-electron chi connectivity index (χ4n) is 3.83. The summed E-state index contributed by atoms with van der Waals surface area (Å²) in [5.41, 5.74) is 2.34. The smallest absolute Gasteiger partial charge is 0.253 e. The maximum Gasteiger partial charge on any atom is 0.253 e. The predicted octanol–water partition coefficient (Wildman–Crippen LogP) is 0.923. The number of nitrogens with one attached hydrogen (secondary N) is 2. The van der Waals surface area contributed by atoms with Crippen LogP contribution in [0, 0.1) is 5.41 Å². The Balaban J connectivity index is 1.52. The van der Waals surface area contributed by atoms with E-state index in [9.17, 15) is 14.4 Å². The van der Waals surface area contributed by atoms with Gasteiger partial charge in [0, 0.05) is 37.3 Å². The lowest BCUT2D eigenvalue weighted by Crippen LogP contribution is -2.50. The molecule has 0 aliphatic carbocycles. The average molecular weight is 313 g/mol. The van der Waals surface area contributed by atoms with Gasteiger partial charge >= 0.3 is 0 Å². The molecule has 1 aromatic carbocycles. The van der Waals surface area contributed by atoms with Crippen LogP contribution < -0.4 is 10.6 Å². The number of piperidine rings is 1. The molecule has 1 unspecified atom stereocenters. The number of hydrogen-bond donors (Lipinski definition) is 2. The van der Waals surface area contributed by atoms with Gasteiger partial charge in [-0.2, -0.15) is 0 Å². The lowest BCUT2D eigenvalue weighted by atomic mass is 9.79. The third-order valence-corrected chi connectivity index (χ3v) is 5.27. The minimum Gasteiger partial charge on any atom is -0.384 e. The van der Waals surface area contributed by atoms with Crippen molar-refractivity contribution in [3.63, 3.8) is 0 Å². The number of rotatable bonds is 1. The van der Waals surface area contributed by atoms with Crippen molar-refractivity contribution in [2.75, 3.05) is 25.0 Å². The third-order valence-electron chi connectivity index (χ3n) is 5.27. The molecule has 2 fully saturated rings. The lowest BCUT2D eigenvalue weighted by molar-refractivity contribution is -0.141. The van der Waals surface area contributed by atoms with Crippen LogP contribution in [0.5, 0.6) is 0 Å². The highest BCUT2D eigenvalue weighted by molar-refractivity contribution is 6.02. The highest BCUT2D eigenvalue weighted by Gasteiger charge is 2.48. The third kappa shape index (κ3) is 2.29. The Bertz CT molecular complexity index is 715. The Morgan fingerprint density at radius 3 is 2.87 bits per heavy atom. The molecule has 3 amide bonds. The number of carbonyl (C=O) groups excluding carboxylic acids is 3. The quantitative estimate of drug-likeness (QED) is 0.756. The van der Waals surface area contributed by atoms with Gasteiger partial charge in [0.2, 0.25) is 11.8 Å². The zero-order chi connectivity index (χ0) is 16.0. The predicted molar refractivity (Wildman–Crippen MR) is 84.0 cm³/mol. The van der Waals surface area contributed by atoms with Gasteiger partial charge in [-0.3, -0.25) is 19.7 Å². The molecule has 6 heteroatoms. The molecule has 1 spiro atoms. The number of carbonyl (C=O) groups is 3. The highest BCUT2D eigenvalue weighted by Crippen LogP contribution is 2.38. The Kier molecular flexibility index (Phi) is 3.14. The second-order valence-electron chi connectivity index (χ2n) is 6.68. The van der Waals surface area contributed by atoms with E-state index in [4.69, 9.17) is 0 Å². The van der Waals surface area contributed by atoms with Crippen molar-refractivity contribution in [1.82, 2.24) is 10.2 Å². The second-order valence-corrected chi connectivity index (χ2v) is 6.68. The van der Waals surface area contributed by atoms with Gasteiger partial charge in [-0.25, -0.2) is 0 Å². The molecule has 23 heavy (non-hydrogen) atoms. The molecular weight excluding hydrogens is 294 g/mol. The van der Waals surface area contributed by atoms with Gasteiger partial charge in [0.05, 0.1) is 5.41 Å². The van der Waals surface area contributed by atoms with Crippen LogP contribution in [0.15, 0.2) is 18.2 Å². The summed E-state index contributed by atoms with van der Waals surface area (Å²) in [5.74, 6) is -0.474. The number of amides is 3. The van der Waals surface area contributed by atoms with Crippen LogP contribution in [-0.2, 0) is 16.0 Å². The number of benzene rings is 1. The summed E-state index contributed by atoms with van der Waals surface area (Å²) < 4.78 is 0. The van der Waals surface area contributed by atoms with Crippen LogP contribution in [0.2, 0.25) is 0 Å². The van der Waals surface area contributed by atoms with Gasteiger partial charge in [0.25, 0.3) is 5.91 Å². The van der Waals surface area contributed by atoms with E-state index in [0.29, 0.717) is 37.9 Å². The monoisotopic (exact) mass is 313 g/mol. The number of anilines is 1. The summed E-state index contributed by atoms with van der Waals surface area (Å²) in [7, 11) is 0. The van der Waals surface area contributed by atoms with Crippen LogP contribution in [0.3, 0.4) is 0 Å². The lowest BCUT2D eigenvalue weighted by Gasteiger charge is -2.31. The minimum atomic E-state index is -0.585. The van der Waals surface area contributed by atoms with E-state index in [2.05, 4.69) is 10.6 Å². The fourth-order valence-corrected chi connectivity index (χ4v) is 3.83. The zero-order valence-electron chi connectivity index (χ0n) is 12.9. The van der Waals surface area contributed by atoms with Gasteiger partial charge in [0.1, 0.15) is 0 Å². The van der Waals surface area contributed by atoms with E-state index < -0.39 is 5.41 Å². The van der Waals surface area contributed by atoms with E-state index in [0.717, 1.165) is 18.7 Å². The maximum absolute atomic E-state index is 12.7. The molecule has 2 N–H and O–H groups in total. The van der Waals surface area contributed by atoms with Crippen LogP contribution in [0.25, 0.3) is 0 Å². The Labute approximate surface area is 134 Å². The second kappa shape index (κ2) is 5.08. The van der Waals surface area contributed by atoms with E-state index >= 15 is 0 Å². The van der Waals surface area contributed by atoms with Crippen molar-refractivity contribution >= 4 is 23.4 Å². The Morgan fingerprint density at radius 2 is 2.04 bits per heavy atom. The van der Waals surface area contributed by atoms with E-state index in [-0.39, 0.29) is 17.7 Å². The molecule has 0 saturated carbocycles. The standard InChI is InChI=1S/C17H19N3O3/c21-14-3-5-17(16(23)19-14)6-8-20(10-17)15(22)12-2-1-11-4-7-18-13(11)9-12/h1-2,9,18H,3-8,10H2,(H,19,21,23). The molecule has 2 saturated heterocycles. The molecular formula is C17H19N3O3. The summed E-state index contributed by atoms with van der Waals surface area (Å²) in [6, 6.07) is 5.77. The molecule has 0 radical (unpaired) electrons. The normalized spacial score (nSPS) is 26.2. The van der Waals surface area contributed by atoms with Crippen molar-refractivity contribution in [1.29, 1.82) is 0 Å². The molecule has 6 nitrogen and oxygen atoms in total. The molecule has 3 heterocycles. The molecule has 4 rings (SSSR count). The number of imide groups is 1. The summed E-state index contributed by atoms with van der Waals surface area (Å²) in [4.78, 5) is 38.0. The SMILES string of the molecule is O=C1CCC2(CCN(C(=O)c3ccc4c(c3)NCC4)C2)C(=O)N1. The van der Waals surface area contributed by atoms with E-state index in [1.807, 2.05) is 18.2 Å². The van der Waals surface area contributed by atoms with Crippen molar-refractivity contribution in [2.24, 2.45) is 5.41 Å². The van der Waals surface area contributed by atoms with Gasteiger partial charge < -0.3 is 10.2 Å². The summed E-state index contributed by atoms with van der Waals surface area (Å²) >= 11 is 0. The minimum absolute atomic E-state index is 0.0388. The number of fused-ring (bicyclic) bond motifs is 1. The van der Waals surface area contributed by atoms with Crippen LogP contribution >= 0.6 is 0 Å². The van der Waals surface area contributed by atoms with Crippen molar-refractivity contribution in [3.8, 4) is 0 Å². The van der Waals surface area contributed by atoms with Crippen LogP contribution in [0.1, 0.15) is 35.2 Å². The molecule has 3 aliphatic heterocycles. The molecule has 0 bridgehead atoms. The van der Waals surface area contributed by atoms with Crippen molar-refractivity contribution in [2.45, 2.75) is 25.7 Å². The van der Waals surface area contributed by atoms with Crippen LogP contribution in [0.4, 0.5) is 5.69 Å². The van der Waals surface area contributed by atoms with Crippen molar-refractivity contribution in [3.05, 3.63) is 29.3 Å². The zero-order valence-corrected chi connectivity index (χ0v) is 12.9. The van der Waals surface area contributed by atoms with E-state index in [1.54, 1.807) is 4.90 Å². The summed E-state index contributed by atoms with van der Waals surface area (Å²) in [5, 5.41) is 5.70. The molecule has 1 atom stereocenters. The largest absolute Gasteiger partial charge is 0.384 e. The molecule has 1 aromatic rings. The molecule has 0 aromatic heterocycles. The summed E-state index contributed by atoms with van der Waals surface area (Å²) in [6.07, 6.45) is 2.51. The first-order valence-electron chi connectivity index (χ1n) is 8.08. The number of hydrogen-bond acceptors (Lipinski definition) is 4. The molecule has 3 aliphatic rings. The number of likely N-dealkylation sites (tertiary alicyclic amines) is 1. The first kappa shape index (κ1) is 14.2. The first-order valence-corrected chi connectivity index (χ1v) is 8.08. The Morgan fingerprint density at radius 1 is 1.17 bits per heavy atom. The van der Waals surface area contributed by atoms with Gasteiger partial charge in [-0.15, -0.1) is 0 Å². The first-order chi connectivity index (χ1) is 11.1. The van der Waals surface area contributed by atoms with Gasteiger partial charge in [-0.1, -0.05) is 6.07 Å². The number of nitrogens with zero attached hydrogens (tertiary/aromatic N) is 1. The van der Waals surface area contributed by atoms with E-state index in [1.165, 1.54) is 5.56 Å². The average Bonchev–Trinajstić information content (AvgIpc) is 3.18. The van der Waals surface area contributed by atoms with Gasteiger partial charge in [-0.05, 0) is 37.0 Å². The highest BCUT2D eigenvalue weighted by atomic mass is 16.2. The maximum atomic E-state index is 12.7. The van der Waals surface area contributed by atoms with Crippen LogP contribution in [-0.4, -0.2) is 42.3 Å². The van der Waals surface area contributed by atoms with Crippen molar-refractivity contribution < 1.29 is 14.4 Å². The summed E-state index contributed by atoms with van der Waals surface area (Å²) in [6.45, 7) is 1.87. The Hall–Kier alpha value is -2.37. The fraction of sp³-hybridized carbons (Fsp3) is 0.471. The topological polar surface area (TPSA) is 78.5 Å².